The molecule has 7 rings (SSSR count). The predicted molar refractivity (Wildman–Crippen MR) is 192 cm³/mol. The first-order valence-corrected chi connectivity index (χ1v) is 18.8. The molecule has 66 heavy (non-hydrogen) atoms. The Hall–Kier alpha value is -6.42. The molecule has 6 aromatic rings. The number of carbonyl (C=O) groups is 1. The summed E-state index contributed by atoms with van der Waals surface area (Å²) in [5, 5.41) is 0. The monoisotopic (exact) mass is 959 g/mol. The SMILES string of the molecule is Fc1c(F)c(F)c([B-](c2c(F)c(F)c(F)c(F)c2F)(c2c(F)c(F)c(F)c(F)c2F)c2c(F)c(F)c(F)c(F)c2F)c(F)c1F.O=C(C[n+]1ccccc1C1CCCCC1)c1ccccc1. The van der Waals surface area contributed by atoms with Crippen molar-refractivity contribution < 1.29 is 97.2 Å². The van der Waals surface area contributed by atoms with Crippen LogP contribution in [-0.2, 0) is 6.54 Å². The average molecular weight is 959 g/mol. The Morgan fingerprint density at radius 2 is 0.682 bits per heavy atom. The van der Waals surface area contributed by atoms with Gasteiger partial charge < -0.3 is 0 Å². The van der Waals surface area contributed by atoms with Gasteiger partial charge in [-0.15, -0.1) is 21.9 Å². The number of pyridine rings is 1. The van der Waals surface area contributed by atoms with Crippen molar-refractivity contribution >= 4 is 33.8 Å². The smallest absolute Gasteiger partial charge is 0.227 e. The molecule has 0 unspecified atom stereocenters. The highest BCUT2D eigenvalue weighted by atomic mass is 19.2. The van der Waals surface area contributed by atoms with E-state index in [1.165, 1.54) is 37.8 Å². The second kappa shape index (κ2) is 18.8. The third-order valence-corrected chi connectivity index (χ3v) is 11.1. The van der Waals surface area contributed by atoms with Crippen molar-refractivity contribution in [2.75, 3.05) is 0 Å². The van der Waals surface area contributed by atoms with Crippen LogP contribution in [0.1, 0.15) is 54.1 Å². The maximum absolute atomic E-state index is 15.4. The summed E-state index contributed by atoms with van der Waals surface area (Å²) in [5.41, 5.74) is -12.2. The largest absolute Gasteiger partial charge is 0.287 e. The molecule has 5 aromatic carbocycles. The molecule has 0 atom stereocenters. The molecule has 0 bridgehead atoms. The second-order valence-corrected chi connectivity index (χ2v) is 14.7. The normalized spacial score (nSPS) is 13.2. The van der Waals surface area contributed by atoms with E-state index in [9.17, 15) is 57.5 Å². The van der Waals surface area contributed by atoms with Crippen LogP contribution < -0.4 is 26.4 Å². The van der Waals surface area contributed by atoms with E-state index in [4.69, 9.17) is 0 Å². The van der Waals surface area contributed by atoms with Crippen LogP contribution in [0.5, 0.6) is 0 Å². The highest BCUT2D eigenvalue weighted by molar-refractivity contribution is 7.20. The summed E-state index contributed by atoms with van der Waals surface area (Å²) < 4.78 is 296. The van der Waals surface area contributed by atoms with Gasteiger partial charge in [0.1, 0.15) is 52.7 Å². The van der Waals surface area contributed by atoms with Crippen molar-refractivity contribution in [2.45, 2.75) is 44.6 Å². The van der Waals surface area contributed by atoms with Gasteiger partial charge in [-0.3, -0.25) is 4.79 Å². The Morgan fingerprint density at radius 3 is 1.00 bits per heavy atom. The standard InChI is InChI=1S/C24BF20.C19H22NO/c26-5-1(6(27)14(35)21(42)13(5)34)25(2-7(28)15(36)22(43)16(37)8(2)29,3-9(30)17(38)23(44)18(39)10(3)31)4-11(32)19(40)24(45)20(41)12(4)33;21-19(17-11-5-2-6-12-17)15-20-14-8-7-13-18(20)16-9-3-1-4-10-16/h;2,5-8,11-14,16H,1,3-4,9-10,15H2/q-1;+1. The summed E-state index contributed by atoms with van der Waals surface area (Å²) in [6.07, 6.45) is 1.31. The van der Waals surface area contributed by atoms with Crippen LogP contribution in [0.2, 0.25) is 0 Å². The number of ketones is 1. The molecular weight excluding hydrogens is 937 g/mol. The summed E-state index contributed by atoms with van der Waals surface area (Å²) >= 11 is 0. The van der Waals surface area contributed by atoms with E-state index in [0.29, 0.717) is 12.5 Å². The maximum Gasteiger partial charge on any atom is 0.227 e. The molecule has 1 heterocycles. The van der Waals surface area contributed by atoms with Crippen molar-refractivity contribution in [1.29, 1.82) is 0 Å². The second-order valence-electron chi connectivity index (χ2n) is 14.7. The molecule has 0 N–H and O–H groups in total. The summed E-state index contributed by atoms with van der Waals surface area (Å²) in [6, 6.07) is 15.9. The lowest BCUT2D eigenvalue weighted by Crippen LogP contribution is -2.81. The number of hydrogen-bond donors (Lipinski definition) is 0. The number of aromatic nitrogens is 1. The zero-order valence-corrected chi connectivity index (χ0v) is 32.5. The van der Waals surface area contributed by atoms with E-state index in [2.05, 4.69) is 16.7 Å². The third-order valence-electron chi connectivity index (χ3n) is 11.1. The van der Waals surface area contributed by atoms with Gasteiger partial charge in [0, 0.05) is 23.6 Å². The molecule has 2 nitrogen and oxygen atoms in total. The van der Waals surface area contributed by atoms with E-state index in [1.807, 2.05) is 42.6 Å². The molecular formula is C43H22BF20NO. The summed E-state index contributed by atoms with van der Waals surface area (Å²) in [7, 11) is 0. The van der Waals surface area contributed by atoms with Gasteiger partial charge in [0.2, 0.25) is 12.3 Å². The van der Waals surface area contributed by atoms with E-state index < -0.39 is 144 Å². The number of carbonyl (C=O) groups excluding carboxylic acids is 1. The van der Waals surface area contributed by atoms with Crippen LogP contribution in [0.25, 0.3) is 0 Å². The first-order valence-electron chi connectivity index (χ1n) is 18.8. The third kappa shape index (κ3) is 7.92. The zero-order chi connectivity index (χ0) is 48.8. The average Bonchev–Trinajstić information content (AvgIpc) is 3.32. The van der Waals surface area contributed by atoms with Gasteiger partial charge in [-0.2, -0.15) is 4.57 Å². The summed E-state index contributed by atoms with van der Waals surface area (Å²) in [5.74, 6) is -70.6. The Kier molecular flexibility index (Phi) is 14.0. The topological polar surface area (TPSA) is 20.9 Å². The number of rotatable bonds is 8. The molecule has 0 saturated heterocycles. The quantitative estimate of drug-likeness (QED) is 0.0372. The number of hydrogen-bond acceptors (Lipinski definition) is 1. The van der Waals surface area contributed by atoms with Gasteiger partial charge in [0.15, 0.2) is 81.7 Å². The van der Waals surface area contributed by atoms with E-state index in [-0.39, 0.29) is 5.78 Å². The van der Waals surface area contributed by atoms with Crippen molar-refractivity contribution in [3.8, 4) is 0 Å². The van der Waals surface area contributed by atoms with Crippen LogP contribution in [-0.4, -0.2) is 11.9 Å². The Labute approximate surface area is 357 Å². The number of benzene rings is 5. The first-order chi connectivity index (χ1) is 31.0. The van der Waals surface area contributed by atoms with Crippen molar-refractivity contribution in [1.82, 2.24) is 0 Å². The molecule has 0 spiro atoms. The fourth-order valence-electron chi connectivity index (χ4n) is 8.15. The molecule has 0 radical (unpaired) electrons. The highest BCUT2D eigenvalue weighted by Crippen LogP contribution is 2.32. The van der Waals surface area contributed by atoms with Crippen LogP contribution >= 0.6 is 0 Å². The Morgan fingerprint density at radius 1 is 0.394 bits per heavy atom. The molecule has 0 amide bonds. The zero-order valence-electron chi connectivity index (χ0n) is 32.5. The van der Waals surface area contributed by atoms with Gasteiger partial charge >= 0.3 is 0 Å². The van der Waals surface area contributed by atoms with Gasteiger partial charge in [0.25, 0.3) is 0 Å². The minimum absolute atomic E-state index is 0.184. The van der Waals surface area contributed by atoms with Gasteiger partial charge in [-0.25, -0.2) is 87.8 Å². The minimum atomic E-state index is -7.22. The van der Waals surface area contributed by atoms with E-state index in [1.54, 1.807) is 0 Å². The van der Waals surface area contributed by atoms with Gasteiger partial charge in [0.05, 0.1) is 0 Å². The molecule has 1 aliphatic carbocycles. The lowest BCUT2D eigenvalue weighted by Gasteiger charge is -2.44. The maximum atomic E-state index is 15.4. The van der Waals surface area contributed by atoms with Crippen molar-refractivity contribution in [3.05, 3.63) is 182 Å². The molecule has 1 aromatic heterocycles. The van der Waals surface area contributed by atoms with Crippen LogP contribution in [0.4, 0.5) is 87.8 Å². The predicted octanol–water partition coefficient (Wildman–Crippen LogP) is 9.75. The Balaban J connectivity index is 0.000000284. The molecule has 23 heteroatoms. The molecule has 1 saturated carbocycles. The van der Waals surface area contributed by atoms with Crippen LogP contribution in [0.15, 0.2) is 54.7 Å². The number of Topliss-reactive ketones (excluding diaryl/α,β-unsaturated/α-hetero) is 1. The number of nitrogens with zero attached hydrogens (tertiary/aromatic N) is 1. The number of halogens is 20. The highest BCUT2D eigenvalue weighted by Gasteiger charge is 2.52. The summed E-state index contributed by atoms with van der Waals surface area (Å²) in [6.45, 7) is 0.441. The lowest BCUT2D eigenvalue weighted by atomic mass is 9.12. The fourth-order valence-corrected chi connectivity index (χ4v) is 8.15. The fraction of sp³-hybridized carbons (Fsp3) is 0.163. The van der Waals surface area contributed by atoms with E-state index in [0.717, 1.165) is 5.56 Å². The lowest BCUT2D eigenvalue weighted by molar-refractivity contribution is -0.692. The first kappa shape index (κ1) is 49.0. The Bertz CT molecular complexity index is 2520. The molecule has 1 fully saturated rings. The molecule has 348 valence electrons. The van der Waals surface area contributed by atoms with Crippen molar-refractivity contribution in [2.24, 2.45) is 0 Å². The molecule has 1 aliphatic rings. The van der Waals surface area contributed by atoms with Gasteiger partial charge in [-0.1, -0.05) is 55.7 Å². The minimum Gasteiger partial charge on any atom is -0.287 e. The van der Waals surface area contributed by atoms with Crippen LogP contribution in [0.3, 0.4) is 0 Å². The van der Waals surface area contributed by atoms with E-state index >= 15 is 35.1 Å². The van der Waals surface area contributed by atoms with Crippen LogP contribution in [0, 0.1) is 116 Å². The summed E-state index contributed by atoms with van der Waals surface area (Å²) in [4.78, 5) is 12.4. The van der Waals surface area contributed by atoms with Gasteiger partial charge in [-0.05, 0) is 12.8 Å². The molecule has 0 aliphatic heterocycles. The van der Waals surface area contributed by atoms with Crippen molar-refractivity contribution in [3.63, 3.8) is 0 Å².